The third kappa shape index (κ3) is 5.51. The Morgan fingerprint density at radius 1 is 1.16 bits per heavy atom. The van der Waals surface area contributed by atoms with Crippen LogP contribution in [0.5, 0.6) is 0 Å². The highest BCUT2D eigenvalue weighted by Crippen LogP contribution is 2.40. The van der Waals surface area contributed by atoms with Gasteiger partial charge in [-0.3, -0.25) is 9.59 Å². The molecule has 9 nitrogen and oxygen atoms in total. The molecule has 2 aliphatic heterocycles. The van der Waals surface area contributed by atoms with Gasteiger partial charge in [0.1, 0.15) is 12.1 Å². The van der Waals surface area contributed by atoms with Crippen molar-refractivity contribution in [1.29, 1.82) is 0 Å². The number of nitrogens with zero attached hydrogens (tertiary/aromatic N) is 5. The lowest BCUT2D eigenvalue weighted by atomic mass is 9.85. The van der Waals surface area contributed by atoms with Crippen LogP contribution >= 0.6 is 0 Å². The van der Waals surface area contributed by atoms with Crippen LogP contribution in [0.1, 0.15) is 76.1 Å². The van der Waals surface area contributed by atoms with Gasteiger partial charge in [-0.15, -0.1) is 5.10 Å². The van der Waals surface area contributed by atoms with E-state index < -0.39 is 23.6 Å². The Morgan fingerprint density at radius 3 is 2.57 bits per heavy atom. The number of likely N-dealkylation sites (tertiary alicyclic amines) is 1. The third-order valence-corrected chi connectivity index (χ3v) is 7.96. The second-order valence-corrected chi connectivity index (χ2v) is 12.1. The monoisotopic (exact) mass is 508 g/mol. The van der Waals surface area contributed by atoms with Gasteiger partial charge in [-0.05, 0) is 50.2 Å². The van der Waals surface area contributed by atoms with Gasteiger partial charge in [0.2, 0.25) is 11.8 Å². The fourth-order valence-electron chi connectivity index (χ4n) is 5.79. The smallest absolute Gasteiger partial charge is 0.248 e. The average molecular weight is 509 g/mol. The van der Waals surface area contributed by atoms with Crippen molar-refractivity contribution in [2.45, 2.75) is 89.9 Å². The van der Waals surface area contributed by atoms with Crippen LogP contribution in [0.15, 0.2) is 30.5 Å². The van der Waals surface area contributed by atoms with E-state index >= 15 is 0 Å². The molecule has 1 saturated carbocycles. The molecule has 2 N–H and O–H groups in total. The highest BCUT2D eigenvalue weighted by Gasteiger charge is 2.45. The Hall–Kier alpha value is -2.94. The van der Waals surface area contributed by atoms with E-state index in [9.17, 15) is 14.7 Å². The molecule has 3 aliphatic rings. The van der Waals surface area contributed by atoms with Crippen molar-refractivity contribution in [3.05, 3.63) is 41.7 Å². The quantitative estimate of drug-likeness (QED) is 0.596. The molecule has 2 amide bonds. The molecule has 37 heavy (non-hydrogen) atoms. The average Bonchev–Trinajstić information content (AvgIpc) is 3.22. The van der Waals surface area contributed by atoms with Crippen molar-refractivity contribution >= 4 is 17.5 Å². The maximum Gasteiger partial charge on any atom is 0.248 e. The summed E-state index contributed by atoms with van der Waals surface area (Å²) in [5.74, 6) is 0.0378. The van der Waals surface area contributed by atoms with Gasteiger partial charge in [0.25, 0.3) is 0 Å². The number of hydrogen-bond donors (Lipinski definition) is 2. The normalized spacial score (nSPS) is 24.9. The lowest BCUT2D eigenvalue weighted by Crippen LogP contribution is -2.52. The van der Waals surface area contributed by atoms with Crippen LogP contribution in [0, 0.1) is 12.3 Å². The van der Waals surface area contributed by atoms with E-state index in [-0.39, 0.29) is 30.8 Å². The molecule has 2 saturated heterocycles. The van der Waals surface area contributed by atoms with Crippen molar-refractivity contribution in [2.24, 2.45) is 5.41 Å². The van der Waals surface area contributed by atoms with Crippen LogP contribution in [-0.4, -0.2) is 74.6 Å². The van der Waals surface area contributed by atoms with E-state index in [0.717, 1.165) is 37.9 Å². The van der Waals surface area contributed by atoms with E-state index in [1.54, 1.807) is 9.58 Å². The summed E-state index contributed by atoms with van der Waals surface area (Å²) in [5, 5.41) is 22.2. The van der Waals surface area contributed by atoms with Crippen LogP contribution in [-0.2, 0) is 9.59 Å². The number of amides is 2. The SMILES string of the molecule is Cc1ccc(N2CCC[C@H]2CNC(=O)[C@@H]2C[C@@H](O)CN2C(=O)C(n2cc(C3CC3)nn2)C(C)(C)C)cc1. The summed E-state index contributed by atoms with van der Waals surface area (Å²) in [5.41, 5.74) is 2.87. The molecular formula is C28H40N6O3. The summed E-state index contributed by atoms with van der Waals surface area (Å²) in [7, 11) is 0. The van der Waals surface area contributed by atoms with Gasteiger partial charge in [-0.2, -0.15) is 0 Å². The number of anilines is 1. The van der Waals surface area contributed by atoms with Gasteiger partial charge >= 0.3 is 0 Å². The summed E-state index contributed by atoms with van der Waals surface area (Å²) < 4.78 is 1.66. The number of rotatable bonds is 7. The Labute approximate surface area is 219 Å². The number of carbonyl (C=O) groups is 2. The maximum absolute atomic E-state index is 13.9. The Bertz CT molecular complexity index is 1120. The molecule has 0 radical (unpaired) electrons. The molecule has 5 rings (SSSR count). The molecule has 9 heteroatoms. The van der Waals surface area contributed by atoms with Crippen molar-refractivity contribution in [1.82, 2.24) is 25.2 Å². The van der Waals surface area contributed by atoms with E-state index in [0.29, 0.717) is 12.5 Å². The topological polar surface area (TPSA) is 104 Å². The number of benzene rings is 1. The number of aliphatic hydroxyl groups excluding tert-OH is 1. The number of carbonyl (C=O) groups excluding carboxylic acids is 2. The highest BCUT2D eigenvalue weighted by molar-refractivity contribution is 5.90. The largest absolute Gasteiger partial charge is 0.391 e. The molecule has 3 fully saturated rings. The molecule has 1 aromatic heterocycles. The fraction of sp³-hybridized carbons (Fsp3) is 0.643. The first-order valence-corrected chi connectivity index (χ1v) is 13.6. The minimum absolute atomic E-state index is 0.145. The lowest BCUT2D eigenvalue weighted by molar-refractivity contribution is -0.144. The molecule has 4 atom stereocenters. The van der Waals surface area contributed by atoms with Gasteiger partial charge in [-0.25, -0.2) is 4.68 Å². The van der Waals surface area contributed by atoms with Gasteiger partial charge in [-0.1, -0.05) is 43.7 Å². The minimum Gasteiger partial charge on any atom is -0.391 e. The second kappa shape index (κ2) is 10.1. The molecular weight excluding hydrogens is 468 g/mol. The van der Waals surface area contributed by atoms with Crippen molar-refractivity contribution in [2.75, 3.05) is 24.5 Å². The minimum atomic E-state index is -0.728. The van der Waals surface area contributed by atoms with Crippen molar-refractivity contribution in [3.8, 4) is 0 Å². The van der Waals surface area contributed by atoms with E-state index in [2.05, 4.69) is 51.7 Å². The number of hydrogen-bond acceptors (Lipinski definition) is 6. The summed E-state index contributed by atoms with van der Waals surface area (Å²) in [4.78, 5) is 31.2. The fourth-order valence-corrected chi connectivity index (χ4v) is 5.79. The summed E-state index contributed by atoms with van der Waals surface area (Å²) in [6.07, 6.45) is 5.69. The zero-order valence-electron chi connectivity index (χ0n) is 22.4. The van der Waals surface area contributed by atoms with Crippen LogP contribution in [0.25, 0.3) is 0 Å². The lowest BCUT2D eigenvalue weighted by Gasteiger charge is -2.35. The van der Waals surface area contributed by atoms with Crippen LogP contribution in [0.2, 0.25) is 0 Å². The Morgan fingerprint density at radius 2 is 1.89 bits per heavy atom. The summed E-state index contributed by atoms with van der Waals surface area (Å²) in [6, 6.07) is 7.39. The van der Waals surface area contributed by atoms with Crippen molar-refractivity contribution < 1.29 is 14.7 Å². The summed E-state index contributed by atoms with van der Waals surface area (Å²) >= 11 is 0. The van der Waals surface area contributed by atoms with Crippen LogP contribution in [0.4, 0.5) is 5.69 Å². The van der Waals surface area contributed by atoms with Gasteiger partial charge in [0, 0.05) is 49.9 Å². The molecule has 0 bridgehead atoms. The third-order valence-electron chi connectivity index (χ3n) is 7.96. The standard InChI is InChI=1S/C28H40N6O3/c1-18-7-11-20(12-8-18)32-13-5-6-21(32)15-29-26(36)24-14-22(35)16-33(24)27(37)25(28(2,3)4)34-17-23(30-31-34)19-9-10-19/h7-8,11-12,17,19,21-22,24-25,35H,5-6,9-10,13-16H2,1-4H3,(H,29,36)/t21-,22+,24-,25?/m0/s1. The first kappa shape index (κ1) is 25.7. The summed E-state index contributed by atoms with van der Waals surface area (Å²) in [6.45, 7) is 9.68. The number of β-amino-alcohol motifs (C(OH)–C–C–N with tert-alkyl or cyclic N) is 1. The Kier molecular flexibility index (Phi) is 7.00. The van der Waals surface area contributed by atoms with E-state index in [4.69, 9.17) is 0 Å². The van der Waals surface area contributed by atoms with Gasteiger partial charge in [0.05, 0.1) is 11.8 Å². The van der Waals surface area contributed by atoms with E-state index in [1.165, 1.54) is 11.3 Å². The van der Waals surface area contributed by atoms with E-state index in [1.807, 2.05) is 27.0 Å². The van der Waals surface area contributed by atoms with Crippen LogP contribution in [0.3, 0.4) is 0 Å². The predicted octanol–water partition coefficient (Wildman–Crippen LogP) is 2.80. The number of aryl methyl sites for hydroxylation is 1. The number of aliphatic hydroxyl groups is 1. The number of nitrogens with one attached hydrogen (secondary N) is 1. The predicted molar refractivity (Wildman–Crippen MR) is 141 cm³/mol. The van der Waals surface area contributed by atoms with Crippen molar-refractivity contribution in [3.63, 3.8) is 0 Å². The molecule has 1 aliphatic carbocycles. The molecule has 0 spiro atoms. The first-order valence-electron chi connectivity index (χ1n) is 13.6. The maximum atomic E-state index is 13.9. The van der Waals surface area contributed by atoms with Gasteiger partial charge in [0.15, 0.2) is 0 Å². The zero-order valence-corrected chi connectivity index (χ0v) is 22.4. The second-order valence-electron chi connectivity index (χ2n) is 12.1. The highest BCUT2D eigenvalue weighted by atomic mass is 16.3. The zero-order chi connectivity index (χ0) is 26.3. The van der Waals surface area contributed by atoms with Gasteiger partial charge < -0.3 is 20.2 Å². The van der Waals surface area contributed by atoms with Crippen LogP contribution < -0.4 is 10.2 Å². The molecule has 1 aromatic carbocycles. The molecule has 200 valence electrons. The molecule has 3 heterocycles. The number of aromatic nitrogens is 3. The Balaban J connectivity index is 1.28. The first-order chi connectivity index (χ1) is 17.6. The molecule has 2 aromatic rings. The molecule has 1 unspecified atom stereocenters.